The summed E-state index contributed by atoms with van der Waals surface area (Å²) in [4.78, 5) is 31.8. The number of likely N-dealkylation sites (N-methyl/N-ethyl adjacent to an activating group) is 1. The van der Waals surface area contributed by atoms with Gasteiger partial charge in [-0.25, -0.2) is 0 Å². The zero-order valence-electron chi connectivity index (χ0n) is 18.5. The fraction of sp³-hybridized carbons (Fsp3) is 0.375. The van der Waals surface area contributed by atoms with Gasteiger partial charge >= 0.3 is 12.4 Å². The zero-order valence-corrected chi connectivity index (χ0v) is 18.5. The minimum absolute atomic E-state index is 0.0157. The molecule has 1 aliphatic heterocycles. The van der Waals surface area contributed by atoms with E-state index in [9.17, 15) is 35.9 Å². The van der Waals surface area contributed by atoms with Crippen molar-refractivity contribution in [1.82, 2.24) is 5.32 Å². The molecule has 0 saturated heterocycles. The Balaban J connectivity index is 1.63. The molecule has 1 aliphatic carbocycles. The number of halogens is 6. The van der Waals surface area contributed by atoms with Crippen LogP contribution < -0.4 is 10.2 Å². The van der Waals surface area contributed by atoms with Crippen LogP contribution in [0.5, 0.6) is 0 Å². The lowest BCUT2D eigenvalue weighted by Gasteiger charge is -2.24. The Hall–Kier alpha value is -3.37. The summed E-state index contributed by atoms with van der Waals surface area (Å²) in [6.07, 6.45) is -10.6. The van der Waals surface area contributed by atoms with Crippen molar-refractivity contribution in [3.05, 3.63) is 64.7 Å². The SMILES string of the molecule is CCN1C(=O)[C@@H](NC(=O)Cc2ccc(C(F)(F)F)cc2C(F)(F)F)N=C(C2CC2)c2ccccc21. The van der Waals surface area contributed by atoms with E-state index in [2.05, 4.69) is 10.3 Å². The number of nitrogens with zero attached hydrogens (tertiary/aromatic N) is 2. The lowest BCUT2D eigenvalue weighted by Crippen LogP contribution is -2.47. The first-order valence-corrected chi connectivity index (χ1v) is 10.9. The smallest absolute Gasteiger partial charge is 0.326 e. The summed E-state index contributed by atoms with van der Waals surface area (Å²) in [7, 11) is 0. The van der Waals surface area contributed by atoms with E-state index < -0.39 is 53.4 Å². The van der Waals surface area contributed by atoms with Crippen molar-refractivity contribution in [2.75, 3.05) is 11.4 Å². The predicted octanol–water partition coefficient (Wildman–Crippen LogP) is 4.97. The van der Waals surface area contributed by atoms with E-state index in [0.29, 0.717) is 23.5 Å². The van der Waals surface area contributed by atoms with Crippen LogP contribution in [0.2, 0.25) is 0 Å². The first-order chi connectivity index (χ1) is 16.4. The summed E-state index contributed by atoms with van der Waals surface area (Å²) >= 11 is 0. The van der Waals surface area contributed by atoms with Gasteiger partial charge in [0.15, 0.2) is 0 Å². The highest BCUT2D eigenvalue weighted by molar-refractivity contribution is 6.14. The molecule has 1 fully saturated rings. The average molecular weight is 497 g/mol. The highest BCUT2D eigenvalue weighted by atomic mass is 19.4. The van der Waals surface area contributed by atoms with Crippen LogP contribution in [-0.2, 0) is 28.4 Å². The molecule has 1 N–H and O–H groups in total. The summed E-state index contributed by atoms with van der Waals surface area (Å²) in [5.74, 6) is -1.41. The van der Waals surface area contributed by atoms with Gasteiger partial charge in [-0.3, -0.25) is 14.6 Å². The van der Waals surface area contributed by atoms with Gasteiger partial charge in [0.2, 0.25) is 12.1 Å². The Labute approximate surface area is 196 Å². The van der Waals surface area contributed by atoms with E-state index in [4.69, 9.17) is 0 Å². The number of carbonyl (C=O) groups is 2. The monoisotopic (exact) mass is 497 g/mol. The second kappa shape index (κ2) is 9.01. The van der Waals surface area contributed by atoms with Gasteiger partial charge < -0.3 is 10.2 Å². The number of rotatable bonds is 5. The Morgan fingerprint density at radius 3 is 2.34 bits per heavy atom. The largest absolute Gasteiger partial charge is 0.416 e. The molecule has 2 amide bonds. The lowest BCUT2D eigenvalue weighted by atomic mass is 10.00. The molecule has 2 aliphatic rings. The van der Waals surface area contributed by atoms with Crippen LogP contribution in [0.1, 0.15) is 42.0 Å². The Morgan fingerprint density at radius 2 is 1.74 bits per heavy atom. The van der Waals surface area contributed by atoms with Crippen LogP contribution in [0.25, 0.3) is 0 Å². The molecule has 2 aromatic rings. The minimum Gasteiger partial charge on any atom is -0.326 e. The van der Waals surface area contributed by atoms with Crippen LogP contribution in [-0.4, -0.2) is 30.2 Å². The highest BCUT2D eigenvalue weighted by Gasteiger charge is 2.40. The fourth-order valence-electron chi connectivity index (χ4n) is 4.11. The molecule has 4 rings (SSSR count). The summed E-state index contributed by atoms with van der Waals surface area (Å²) in [5, 5.41) is 2.39. The van der Waals surface area contributed by atoms with Crippen molar-refractivity contribution in [3.63, 3.8) is 0 Å². The summed E-state index contributed by atoms with van der Waals surface area (Å²) in [6, 6.07) is 8.26. The molecule has 0 unspecified atom stereocenters. The Morgan fingerprint density at radius 1 is 1.06 bits per heavy atom. The van der Waals surface area contributed by atoms with E-state index in [0.717, 1.165) is 18.4 Å². The van der Waals surface area contributed by atoms with Crippen molar-refractivity contribution >= 4 is 23.2 Å². The van der Waals surface area contributed by atoms with Gasteiger partial charge in [-0.05, 0) is 43.5 Å². The number of benzene rings is 2. The van der Waals surface area contributed by atoms with Gasteiger partial charge in [-0.15, -0.1) is 0 Å². The maximum atomic E-state index is 13.5. The number of anilines is 1. The van der Waals surface area contributed by atoms with E-state index in [1.807, 2.05) is 6.07 Å². The number of carbonyl (C=O) groups excluding carboxylic acids is 2. The number of hydrogen-bond acceptors (Lipinski definition) is 3. The predicted molar refractivity (Wildman–Crippen MR) is 116 cm³/mol. The molecule has 186 valence electrons. The number of aliphatic imine (C=N–C) groups is 1. The molecule has 5 nitrogen and oxygen atoms in total. The van der Waals surface area contributed by atoms with Gasteiger partial charge in [-0.2, -0.15) is 26.3 Å². The molecule has 1 heterocycles. The molecule has 1 saturated carbocycles. The Kier molecular flexibility index (Phi) is 6.37. The van der Waals surface area contributed by atoms with Gasteiger partial charge in [0.25, 0.3) is 5.91 Å². The van der Waals surface area contributed by atoms with Crippen molar-refractivity contribution in [2.24, 2.45) is 10.9 Å². The number of alkyl halides is 6. The molecule has 0 spiro atoms. The maximum absolute atomic E-state index is 13.5. The third kappa shape index (κ3) is 5.18. The topological polar surface area (TPSA) is 61.8 Å². The van der Waals surface area contributed by atoms with Crippen LogP contribution in [0.15, 0.2) is 47.5 Å². The third-order valence-corrected chi connectivity index (χ3v) is 5.91. The molecule has 0 radical (unpaired) electrons. The number of amides is 2. The van der Waals surface area contributed by atoms with E-state index in [1.54, 1.807) is 25.1 Å². The number of fused-ring (bicyclic) bond motifs is 1. The van der Waals surface area contributed by atoms with Crippen molar-refractivity contribution in [1.29, 1.82) is 0 Å². The quantitative estimate of drug-likeness (QED) is 0.593. The van der Waals surface area contributed by atoms with E-state index in [1.165, 1.54) is 4.90 Å². The molecular formula is C24H21F6N3O2. The normalized spacial score (nSPS) is 18.6. The van der Waals surface area contributed by atoms with Gasteiger partial charge in [0, 0.05) is 18.0 Å². The molecule has 0 bridgehead atoms. The summed E-state index contributed by atoms with van der Waals surface area (Å²) in [6.45, 7) is 2.01. The molecule has 2 aromatic carbocycles. The first kappa shape index (κ1) is 24.7. The van der Waals surface area contributed by atoms with Gasteiger partial charge in [0.05, 0.1) is 28.9 Å². The van der Waals surface area contributed by atoms with Crippen LogP contribution in [0.3, 0.4) is 0 Å². The van der Waals surface area contributed by atoms with Crippen LogP contribution in [0.4, 0.5) is 32.0 Å². The number of benzodiazepines with no additional fused rings is 1. The summed E-state index contributed by atoms with van der Waals surface area (Å²) in [5.41, 5.74) is -1.64. The highest BCUT2D eigenvalue weighted by Crippen LogP contribution is 2.39. The average Bonchev–Trinajstić information content (AvgIpc) is 3.61. The lowest BCUT2D eigenvalue weighted by molar-refractivity contribution is -0.143. The number of para-hydroxylation sites is 1. The Bertz CT molecular complexity index is 1180. The van der Waals surface area contributed by atoms with Crippen LogP contribution >= 0.6 is 0 Å². The van der Waals surface area contributed by atoms with E-state index >= 15 is 0 Å². The maximum Gasteiger partial charge on any atom is 0.416 e. The molecule has 0 aromatic heterocycles. The van der Waals surface area contributed by atoms with Crippen LogP contribution in [0, 0.1) is 5.92 Å². The fourth-order valence-corrected chi connectivity index (χ4v) is 4.11. The molecular weight excluding hydrogens is 476 g/mol. The van der Waals surface area contributed by atoms with Crippen molar-refractivity contribution in [3.8, 4) is 0 Å². The summed E-state index contributed by atoms with van der Waals surface area (Å²) < 4.78 is 79.1. The first-order valence-electron chi connectivity index (χ1n) is 10.9. The van der Waals surface area contributed by atoms with Gasteiger partial charge in [-0.1, -0.05) is 24.3 Å². The standard InChI is InChI=1S/C24H21F6N3O2/c1-2-33-18-6-4-3-5-16(18)20(13-7-8-13)32-21(22(33)35)31-19(34)11-14-9-10-15(23(25,26)27)12-17(14)24(28,29)30/h3-6,9-10,12-13,21H,2,7-8,11H2,1H3,(H,31,34)/t21-/m0/s1. The second-order valence-electron chi connectivity index (χ2n) is 8.40. The van der Waals surface area contributed by atoms with E-state index in [-0.39, 0.29) is 18.5 Å². The third-order valence-electron chi connectivity index (χ3n) is 5.91. The molecule has 1 atom stereocenters. The molecule has 11 heteroatoms. The number of nitrogens with one attached hydrogen (secondary N) is 1. The second-order valence-corrected chi connectivity index (χ2v) is 8.40. The molecule has 35 heavy (non-hydrogen) atoms. The minimum atomic E-state index is -5.10. The van der Waals surface area contributed by atoms with Crippen molar-refractivity contribution < 1.29 is 35.9 Å². The van der Waals surface area contributed by atoms with Gasteiger partial charge in [0.1, 0.15) is 0 Å². The number of hydrogen-bond donors (Lipinski definition) is 1. The van der Waals surface area contributed by atoms with Crippen molar-refractivity contribution in [2.45, 2.75) is 44.7 Å². The zero-order chi connectivity index (χ0) is 25.5.